The van der Waals surface area contributed by atoms with Gasteiger partial charge in [-0.2, -0.15) is 0 Å². The summed E-state index contributed by atoms with van der Waals surface area (Å²) in [7, 11) is 3.56. The van der Waals surface area contributed by atoms with Gasteiger partial charge in [-0.25, -0.2) is 0 Å². The highest BCUT2D eigenvalue weighted by molar-refractivity contribution is 8.77. The molecule has 1 amide bonds. The number of nitrogens with one attached hydrogen (secondary N) is 1. The first kappa shape index (κ1) is 4.99. The molecule has 0 aromatic rings. The molecular weight excluding hydrogens is 142 g/mol. The standard InChI is InChI=1S/C4H5NOS2/c6-3-4(5-3)1-7-8-2-4/h1-2H2,(H,5,6). The summed E-state index contributed by atoms with van der Waals surface area (Å²) in [5.41, 5.74) is -0.0602. The first-order chi connectivity index (χ1) is 3.83. The average Bonchev–Trinajstić information content (AvgIpc) is 2.29. The van der Waals surface area contributed by atoms with Crippen LogP contribution in [0, 0.1) is 0 Å². The fraction of sp³-hybridized carbons (Fsp3) is 0.750. The molecule has 0 aromatic heterocycles. The molecule has 0 atom stereocenters. The van der Waals surface area contributed by atoms with Crippen LogP contribution in [0.2, 0.25) is 0 Å². The Morgan fingerprint density at radius 1 is 1.50 bits per heavy atom. The summed E-state index contributed by atoms with van der Waals surface area (Å²) >= 11 is 0. The third kappa shape index (κ3) is 0.500. The van der Waals surface area contributed by atoms with E-state index in [1.165, 1.54) is 0 Å². The van der Waals surface area contributed by atoms with Gasteiger partial charge in [0.15, 0.2) is 0 Å². The summed E-state index contributed by atoms with van der Waals surface area (Å²) in [4.78, 5) is 10.6. The van der Waals surface area contributed by atoms with Crippen molar-refractivity contribution in [3.63, 3.8) is 0 Å². The van der Waals surface area contributed by atoms with E-state index in [2.05, 4.69) is 5.32 Å². The topological polar surface area (TPSA) is 39.0 Å². The van der Waals surface area contributed by atoms with Gasteiger partial charge in [0.1, 0.15) is 5.54 Å². The van der Waals surface area contributed by atoms with Crippen LogP contribution in [0.25, 0.3) is 0 Å². The predicted molar refractivity (Wildman–Crippen MR) is 35.8 cm³/mol. The Morgan fingerprint density at radius 3 is 2.25 bits per heavy atom. The SMILES string of the molecule is O=C1NC12CSSC2. The molecule has 2 fully saturated rings. The Kier molecular flexibility index (Phi) is 0.849. The van der Waals surface area contributed by atoms with Crippen LogP contribution in [0.4, 0.5) is 0 Å². The van der Waals surface area contributed by atoms with Crippen molar-refractivity contribution >= 4 is 27.5 Å². The Hall–Kier alpha value is 0.170. The van der Waals surface area contributed by atoms with Crippen LogP contribution < -0.4 is 5.32 Å². The van der Waals surface area contributed by atoms with Crippen LogP contribution in [0.15, 0.2) is 0 Å². The number of hydrogen-bond donors (Lipinski definition) is 1. The summed E-state index contributed by atoms with van der Waals surface area (Å²) in [5, 5.41) is 2.83. The molecule has 0 unspecified atom stereocenters. The lowest BCUT2D eigenvalue weighted by Crippen LogP contribution is -2.17. The normalized spacial score (nSPS) is 30.8. The van der Waals surface area contributed by atoms with E-state index < -0.39 is 0 Å². The minimum atomic E-state index is -0.0602. The van der Waals surface area contributed by atoms with E-state index in [1.54, 1.807) is 21.6 Å². The number of rotatable bonds is 0. The van der Waals surface area contributed by atoms with Crippen LogP contribution in [-0.4, -0.2) is 23.0 Å². The summed E-state index contributed by atoms with van der Waals surface area (Å²) in [5.74, 6) is 2.18. The molecule has 2 nitrogen and oxygen atoms in total. The molecule has 0 aliphatic carbocycles. The van der Waals surface area contributed by atoms with Gasteiger partial charge in [0.25, 0.3) is 0 Å². The molecule has 0 saturated carbocycles. The Bertz CT molecular complexity index is 141. The van der Waals surface area contributed by atoms with Crippen molar-refractivity contribution in [3.05, 3.63) is 0 Å². The van der Waals surface area contributed by atoms with Crippen LogP contribution in [0.1, 0.15) is 0 Å². The Morgan fingerprint density at radius 2 is 2.00 bits per heavy atom. The first-order valence-corrected chi connectivity index (χ1v) is 4.89. The zero-order valence-corrected chi connectivity index (χ0v) is 5.77. The van der Waals surface area contributed by atoms with E-state index in [-0.39, 0.29) is 11.4 Å². The minimum absolute atomic E-state index is 0.0602. The first-order valence-electron chi connectivity index (χ1n) is 2.41. The second kappa shape index (κ2) is 1.36. The lowest BCUT2D eigenvalue weighted by Gasteiger charge is -1.89. The fourth-order valence-electron chi connectivity index (χ4n) is 0.716. The van der Waals surface area contributed by atoms with E-state index in [1.807, 2.05) is 0 Å². The van der Waals surface area contributed by atoms with Gasteiger partial charge in [0.05, 0.1) is 0 Å². The van der Waals surface area contributed by atoms with E-state index in [0.717, 1.165) is 11.5 Å². The molecule has 0 radical (unpaired) electrons. The van der Waals surface area contributed by atoms with E-state index in [9.17, 15) is 4.79 Å². The highest BCUT2D eigenvalue weighted by atomic mass is 33.1. The van der Waals surface area contributed by atoms with Gasteiger partial charge in [0.2, 0.25) is 5.91 Å². The van der Waals surface area contributed by atoms with Crippen molar-refractivity contribution < 1.29 is 4.79 Å². The van der Waals surface area contributed by atoms with Crippen molar-refractivity contribution in [1.29, 1.82) is 0 Å². The number of carbonyl (C=O) groups is 1. The van der Waals surface area contributed by atoms with Crippen molar-refractivity contribution in [2.45, 2.75) is 5.54 Å². The molecule has 2 heterocycles. The predicted octanol–water partition coefficient (Wildman–Crippen LogP) is 0.250. The maximum absolute atomic E-state index is 10.6. The molecule has 2 aliphatic heterocycles. The monoisotopic (exact) mass is 147 g/mol. The summed E-state index contributed by atoms with van der Waals surface area (Å²) in [6.07, 6.45) is 0. The number of hydrogen-bond acceptors (Lipinski definition) is 3. The van der Waals surface area contributed by atoms with Gasteiger partial charge in [-0.3, -0.25) is 4.79 Å². The third-order valence-electron chi connectivity index (χ3n) is 1.42. The van der Waals surface area contributed by atoms with E-state index in [0.29, 0.717) is 0 Å². The van der Waals surface area contributed by atoms with Crippen LogP contribution in [-0.2, 0) is 4.79 Å². The van der Waals surface area contributed by atoms with E-state index in [4.69, 9.17) is 0 Å². The second-order valence-electron chi connectivity index (χ2n) is 2.06. The van der Waals surface area contributed by atoms with Crippen molar-refractivity contribution in [1.82, 2.24) is 5.32 Å². The molecule has 2 rings (SSSR count). The van der Waals surface area contributed by atoms with Gasteiger partial charge < -0.3 is 5.32 Å². The molecule has 2 aliphatic rings. The lowest BCUT2D eigenvalue weighted by atomic mass is 10.2. The van der Waals surface area contributed by atoms with Crippen molar-refractivity contribution in [2.24, 2.45) is 0 Å². The van der Waals surface area contributed by atoms with Gasteiger partial charge in [0, 0.05) is 11.5 Å². The molecule has 2 saturated heterocycles. The smallest absolute Gasteiger partial charge is 0.248 e. The zero-order chi connectivity index (χ0) is 5.61. The highest BCUT2D eigenvalue weighted by Crippen LogP contribution is 2.42. The maximum atomic E-state index is 10.6. The third-order valence-corrected chi connectivity index (χ3v) is 4.01. The fourth-order valence-corrected chi connectivity index (χ4v) is 3.73. The second-order valence-corrected chi connectivity index (χ2v) is 4.52. The summed E-state index contributed by atoms with van der Waals surface area (Å²) in [6, 6.07) is 0. The zero-order valence-electron chi connectivity index (χ0n) is 4.14. The van der Waals surface area contributed by atoms with E-state index >= 15 is 0 Å². The molecule has 1 N–H and O–H groups in total. The van der Waals surface area contributed by atoms with Crippen LogP contribution in [0.3, 0.4) is 0 Å². The molecule has 44 valence electrons. The summed E-state index contributed by atoms with van der Waals surface area (Å²) < 4.78 is 0. The van der Waals surface area contributed by atoms with Gasteiger partial charge in [-0.15, -0.1) is 0 Å². The van der Waals surface area contributed by atoms with Crippen molar-refractivity contribution in [3.8, 4) is 0 Å². The Balaban J connectivity index is 2.16. The average molecular weight is 147 g/mol. The number of carbonyl (C=O) groups excluding carboxylic acids is 1. The minimum Gasteiger partial charge on any atom is -0.338 e. The van der Waals surface area contributed by atoms with Gasteiger partial charge >= 0.3 is 0 Å². The molecule has 0 bridgehead atoms. The Labute approximate surface area is 55.2 Å². The lowest BCUT2D eigenvalue weighted by molar-refractivity contribution is -0.111. The van der Waals surface area contributed by atoms with Crippen LogP contribution >= 0.6 is 21.6 Å². The van der Waals surface area contributed by atoms with Crippen molar-refractivity contribution in [2.75, 3.05) is 11.5 Å². The highest BCUT2D eigenvalue weighted by Gasteiger charge is 2.55. The molecular formula is C4H5NOS2. The van der Waals surface area contributed by atoms with Gasteiger partial charge in [-0.1, -0.05) is 21.6 Å². The van der Waals surface area contributed by atoms with Crippen LogP contribution in [0.5, 0.6) is 0 Å². The maximum Gasteiger partial charge on any atom is 0.248 e. The molecule has 8 heavy (non-hydrogen) atoms. The summed E-state index contributed by atoms with van der Waals surface area (Å²) in [6.45, 7) is 0. The number of amides is 1. The van der Waals surface area contributed by atoms with Gasteiger partial charge in [-0.05, 0) is 0 Å². The molecule has 1 spiro atoms. The molecule has 4 heteroatoms. The quantitative estimate of drug-likeness (QED) is 0.394. The largest absolute Gasteiger partial charge is 0.338 e. The molecule has 0 aromatic carbocycles.